The summed E-state index contributed by atoms with van der Waals surface area (Å²) in [4.78, 5) is 4.73. The Morgan fingerprint density at radius 2 is 1.86 bits per heavy atom. The minimum atomic E-state index is 0.135. The van der Waals surface area contributed by atoms with Crippen LogP contribution in [0.2, 0.25) is 0 Å². The van der Waals surface area contributed by atoms with E-state index in [1.54, 1.807) is 11.3 Å². The zero-order chi connectivity index (χ0) is 15.5. The highest BCUT2D eigenvalue weighted by Crippen LogP contribution is 2.24. The van der Waals surface area contributed by atoms with E-state index in [0.717, 1.165) is 18.0 Å². The van der Waals surface area contributed by atoms with Gasteiger partial charge in [0, 0.05) is 23.4 Å². The highest BCUT2D eigenvalue weighted by molar-refractivity contribution is 7.09. The van der Waals surface area contributed by atoms with Crippen molar-refractivity contribution in [3.8, 4) is 0 Å². The molecule has 0 bridgehead atoms. The summed E-state index contributed by atoms with van der Waals surface area (Å²) < 4.78 is 0. The summed E-state index contributed by atoms with van der Waals surface area (Å²) in [6, 6.07) is 9.22. The van der Waals surface area contributed by atoms with E-state index in [-0.39, 0.29) is 5.41 Å². The van der Waals surface area contributed by atoms with Crippen LogP contribution in [0.3, 0.4) is 0 Å². The number of hydrogen-bond donors (Lipinski definition) is 1. The summed E-state index contributed by atoms with van der Waals surface area (Å²) in [6.45, 7) is 11.8. The zero-order valence-electron chi connectivity index (χ0n) is 13.7. The quantitative estimate of drug-likeness (QED) is 0.853. The van der Waals surface area contributed by atoms with Gasteiger partial charge in [0.15, 0.2) is 0 Å². The van der Waals surface area contributed by atoms with Crippen LogP contribution in [0, 0.1) is 0 Å². The predicted octanol–water partition coefficient (Wildman–Crippen LogP) is 4.85. The van der Waals surface area contributed by atoms with Gasteiger partial charge in [0.2, 0.25) is 0 Å². The maximum atomic E-state index is 4.73. The van der Waals surface area contributed by atoms with Crippen LogP contribution in [-0.4, -0.2) is 4.98 Å². The molecular formula is C18H26N2S. The first kappa shape index (κ1) is 16.2. The van der Waals surface area contributed by atoms with Crippen LogP contribution in [0.15, 0.2) is 29.6 Å². The number of thiazole rings is 1. The molecule has 3 heteroatoms. The molecule has 0 aliphatic carbocycles. The average Bonchev–Trinajstić information content (AvgIpc) is 2.94. The van der Waals surface area contributed by atoms with E-state index < -0.39 is 0 Å². The number of hydrogen-bond acceptors (Lipinski definition) is 3. The molecule has 1 aromatic heterocycles. The van der Waals surface area contributed by atoms with E-state index in [0.29, 0.717) is 6.04 Å². The lowest BCUT2D eigenvalue weighted by Crippen LogP contribution is -2.18. The molecule has 1 heterocycles. The van der Waals surface area contributed by atoms with Crippen LogP contribution in [0.4, 0.5) is 0 Å². The average molecular weight is 302 g/mol. The highest BCUT2D eigenvalue weighted by Gasteiger charge is 2.17. The molecule has 1 aromatic carbocycles. The van der Waals surface area contributed by atoms with Crippen molar-refractivity contribution in [3.05, 3.63) is 51.5 Å². The lowest BCUT2D eigenvalue weighted by Gasteiger charge is -2.15. The van der Waals surface area contributed by atoms with Gasteiger partial charge in [-0.25, -0.2) is 4.98 Å². The Bertz CT molecular complexity index is 564. The lowest BCUT2D eigenvalue weighted by atomic mass is 9.93. The molecule has 1 unspecified atom stereocenters. The molecule has 114 valence electrons. The lowest BCUT2D eigenvalue weighted by molar-refractivity contribution is 0.554. The minimum absolute atomic E-state index is 0.135. The fourth-order valence-corrected chi connectivity index (χ4v) is 3.11. The van der Waals surface area contributed by atoms with Crippen LogP contribution in [0.5, 0.6) is 0 Å². The molecule has 0 fully saturated rings. The third-order valence-electron chi connectivity index (χ3n) is 3.77. The van der Waals surface area contributed by atoms with Crippen molar-refractivity contribution < 1.29 is 0 Å². The van der Waals surface area contributed by atoms with Crippen molar-refractivity contribution in [2.24, 2.45) is 0 Å². The van der Waals surface area contributed by atoms with Crippen LogP contribution in [-0.2, 0) is 18.4 Å². The van der Waals surface area contributed by atoms with Gasteiger partial charge in [-0.3, -0.25) is 0 Å². The summed E-state index contributed by atoms with van der Waals surface area (Å²) in [6.07, 6.45) is 1.09. The molecule has 21 heavy (non-hydrogen) atoms. The Morgan fingerprint density at radius 1 is 1.19 bits per heavy atom. The van der Waals surface area contributed by atoms with Crippen LogP contribution < -0.4 is 5.32 Å². The third kappa shape index (κ3) is 4.39. The van der Waals surface area contributed by atoms with E-state index in [2.05, 4.69) is 69.6 Å². The van der Waals surface area contributed by atoms with E-state index in [4.69, 9.17) is 4.98 Å². The van der Waals surface area contributed by atoms with Gasteiger partial charge in [-0.15, -0.1) is 11.3 Å². The number of aromatic nitrogens is 1. The predicted molar refractivity (Wildman–Crippen MR) is 91.9 cm³/mol. The maximum absolute atomic E-state index is 4.73. The molecule has 2 rings (SSSR count). The SMILES string of the molecule is CCc1ccc(C(C)NCc2nc(C(C)(C)C)cs2)cc1. The molecule has 2 aromatic rings. The van der Waals surface area contributed by atoms with Crippen molar-refractivity contribution >= 4 is 11.3 Å². The Balaban J connectivity index is 1.94. The number of aryl methyl sites for hydroxylation is 1. The van der Waals surface area contributed by atoms with Crippen molar-refractivity contribution in [1.29, 1.82) is 0 Å². The van der Waals surface area contributed by atoms with E-state index >= 15 is 0 Å². The fourth-order valence-electron chi connectivity index (χ4n) is 2.14. The van der Waals surface area contributed by atoms with Crippen molar-refractivity contribution in [1.82, 2.24) is 10.3 Å². The molecule has 0 aliphatic rings. The molecule has 0 saturated carbocycles. The Hall–Kier alpha value is -1.19. The van der Waals surface area contributed by atoms with Crippen LogP contribution in [0.1, 0.15) is 62.5 Å². The van der Waals surface area contributed by atoms with Crippen molar-refractivity contribution in [2.45, 2.75) is 59.0 Å². The molecule has 0 saturated heterocycles. The summed E-state index contributed by atoms with van der Waals surface area (Å²) in [5.74, 6) is 0. The van der Waals surface area contributed by atoms with Gasteiger partial charge >= 0.3 is 0 Å². The van der Waals surface area contributed by atoms with Gasteiger partial charge in [-0.1, -0.05) is 52.0 Å². The number of rotatable bonds is 5. The molecule has 1 atom stereocenters. The topological polar surface area (TPSA) is 24.9 Å². The molecular weight excluding hydrogens is 276 g/mol. The summed E-state index contributed by atoms with van der Waals surface area (Å²) in [5, 5.41) is 6.91. The minimum Gasteiger partial charge on any atom is -0.304 e. The zero-order valence-corrected chi connectivity index (χ0v) is 14.6. The standard InChI is InChI=1S/C18H26N2S/c1-6-14-7-9-15(10-8-14)13(2)19-11-17-20-16(12-21-17)18(3,4)5/h7-10,12-13,19H,6,11H2,1-5H3. The largest absolute Gasteiger partial charge is 0.304 e. The number of nitrogens with zero attached hydrogens (tertiary/aromatic N) is 1. The van der Waals surface area contributed by atoms with E-state index in [9.17, 15) is 0 Å². The van der Waals surface area contributed by atoms with Gasteiger partial charge in [0.1, 0.15) is 5.01 Å². The second-order valence-electron chi connectivity index (χ2n) is 6.57. The van der Waals surface area contributed by atoms with Crippen molar-refractivity contribution in [2.75, 3.05) is 0 Å². The fraction of sp³-hybridized carbons (Fsp3) is 0.500. The van der Waals surface area contributed by atoms with Gasteiger partial charge in [0.05, 0.1) is 5.69 Å². The van der Waals surface area contributed by atoms with Crippen LogP contribution in [0.25, 0.3) is 0 Å². The van der Waals surface area contributed by atoms with E-state index in [1.807, 2.05) is 0 Å². The summed E-state index contributed by atoms with van der Waals surface area (Å²) in [5.41, 5.74) is 4.04. The first-order valence-electron chi connectivity index (χ1n) is 7.67. The molecule has 1 N–H and O–H groups in total. The Kier molecular flexibility index (Phi) is 5.17. The second kappa shape index (κ2) is 6.71. The summed E-state index contributed by atoms with van der Waals surface area (Å²) >= 11 is 1.75. The molecule has 0 radical (unpaired) electrons. The smallest absolute Gasteiger partial charge is 0.107 e. The highest BCUT2D eigenvalue weighted by atomic mass is 32.1. The molecule has 0 aliphatic heterocycles. The molecule has 2 nitrogen and oxygen atoms in total. The second-order valence-corrected chi connectivity index (χ2v) is 7.52. The van der Waals surface area contributed by atoms with E-state index in [1.165, 1.54) is 16.8 Å². The Morgan fingerprint density at radius 3 is 2.38 bits per heavy atom. The first-order valence-corrected chi connectivity index (χ1v) is 8.55. The first-order chi connectivity index (χ1) is 9.90. The molecule has 0 spiro atoms. The summed E-state index contributed by atoms with van der Waals surface area (Å²) in [7, 11) is 0. The number of benzene rings is 1. The van der Waals surface area contributed by atoms with Crippen molar-refractivity contribution in [3.63, 3.8) is 0 Å². The number of nitrogens with one attached hydrogen (secondary N) is 1. The van der Waals surface area contributed by atoms with Gasteiger partial charge in [0.25, 0.3) is 0 Å². The normalized spacial score (nSPS) is 13.4. The maximum Gasteiger partial charge on any atom is 0.107 e. The monoisotopic (exact) mass is 302 g/mol. The van der Waals surface area contributed by atoms with Gasteiger partial charge in [-0.05, 0) is 24.5 Å². The Labute approximate surface area is 132 Å². The van der Waals surface area contributed by atoms with Gasteiger partial charge in [-0.2, -0.15) is 0 Å². The van der Waals surface area contributed by atoms with Crippen LogP contribution >= 0.6 is 11.3 Å². The van der Waals surface area contributed by atoms with Gasteiger partial charge < -0.3 is 5.32 Å². The molecule has 0 amide bonds. The third-order valence-corrected chi connectivity index (χ3v) is 4.62.